The fourth-order valence-corrected chi connectivity index (χ4v) is 2.54. The highest BCUT2D eigenvalue weighted by Gasteiger charge is 2.11. The van der Waals surface area contributed by atoms with Crippen LogP contribution in [-0.4, -0.2) is 54.5 Å². The summed E-state index contributed by atoms with van der Waals surface area (Å²) < 4.78 is 10.6. The fourth-order valence-electron chi connectivity index (χ4n) is 2.54. The Bertz CT molecular complexity index is 1040. The average Bonchev–Trinajstić information content (AvgIpc) is 2.77. The second-order valence-corrected chi connectivity index (χ2v) is 6.58. The van der Waals surface area contributed by atoms with E-state index in [9.17, 15) is 9.59 Å². The first kappa shape index (κ1) is 20.8. The lowest BCUT2D eigenvalue weighted by Gasteiger charge is -2.12. The lowest BCUT2D eigenvalue weighted by atomic mass is 10.1. The Labute approximate surface area is 174 Å². The summed E-state index contributed by atoms with van der Waals surface area (Å²) in [7, 11) is 4.91. The molecule has 1 N–H and O–H groups in total. The SMILES string of the molecule is COc1ccc(-c2cc(NC(=O)c3cccc(OCC(=O)N(C)C)c3)ncn2)cc1. The van der Waals surface area contributed by atoms with Crippen molar-refractivity contribution in [1.82, 2.24) is 14.9 Å². The van der Waals surface area contributed by atoms with Crippen LogP contribution in [-0.2, 0) is 4.79 Å². The molecule has 8 nitrogen and oxygen atoms in total. The Morgan fingerprint density at radius 2 is 1.77 bits per heavy atom. The molecule has 0 aliphatic heterocycles. The molecule has 0 unspecified atom stereocenters. The zero-order valence-corrected chi connectivity index (χ0v) is 17.0. The standard InChI is InChI=1S/C22H22N4O4/c1-26(2)21(27)13-30-18-6-4-5-16(11-18)22(28)25-20-12-19(23-14-24-20)15-7-9-17(29-3)10-8-15/h4-12,14H,13H2,1-3H3,(H,23,24,25,28). The number of ether oxygens (including phenoxy) is 2. The van der Waals surface area contributed by atoms with Crippen LogP contribution in [0.1, 0.15) is 10.4 Å². The number of nitrogens with zero attached hydrogens (tertiary/aromatic N) is 3. The van der Waals surface area contributed by atoms with Crippen molar-refractivity contribution >= 4 is 17.6 Å². The van der Waals surface area contributed by atoms with Gasteiger partial charge in [-0.1, -0.05) is 6.07 Å². The molecular weight excluding hydrogens is 384 g/mol. The van der Waals surface area contributed by atoms with Gasteiger partial charge in [-0.2, -0.15) is 0 Å². The molecule has 0 saturated heterocycles. The number of carbonyl (C=O) groups is 2. The number of carbonyl (C=O) groups excluding carboxylic acids is 2. The number of benzene rings is 2. The smallest absolute Gasteiger partial charge is 0.259 e. The largest absolute Gasteiger partial charge is 0.497 e. The maximum Gasteiger partial charge on any atom is 0.259 e. The number of hydrogen-bond donors (Lipinski definition) is 1. The van der Waals surface area contributed by atoms with Gasteiger partial charge in [0.2, 0.25) is 0 Å². The lowest BCUT2D eigenvalue weighted by molar-refractivity contribution is -0.130. The van der Waals surface area contributed by atoms with E-state index in [1.807, 2.05) is 24.3 Å². The van der Waals surface area contributed by atoms with Crippen LogP contribution >= 0.6 is 0 Å². The van der Waals surface area contributed by atoms with Gasteiger partial charge in [-0.3, -0.25) is 9.59 Å². The molecule has 1 heterocycles. The zero-order chi connectivity index (χ0) is 21.5. The van der Waals surface area contributed by atoms with Crippen molar-refractivity contribution in [3.8, 4) is 22.8 Å². The van der Waals surface area contributed by atoms with Gasteiger partial charge in [0.15, 0.2) is 6.61 Å². The fraction of sp³-hybridized carbons (Fsp3) is 0.182. The first-order chi connectivity index (χ1) is 14.5. The van der Waals surface area contributed by atoms with Gasteiger partial charge in [-0.05, 0) is 42.5 Å². The Morgan fingerprint density at radius 1 is 1.00 bits per heavy atom. The number of amides is 2. The van der Waals surface area contributed by atoms with Gasteiger partial charge in [0.05, 0.1) is 12.8 Å². The first-order valence-electron chi connectivity index (χ1n) is 9.17. The van der Waals surface area contributed by atoms with Gasteiger partial charge < -0.3 is 19.7 Å². The molecule has 3 aromatic rings. The van der Waals surface area contributed by atoms with Crippen molar-refractivity contribution in [3.63, 3.8) is 0 Å². The zero-order valence-electron chi connectivity index (χ0n) is 17.0. The molecule has 8 heteroatoms. The molecule has 0 aliphatic carbocycles. The number of anilines is 1. The molecule has 30 heavy (non-hydrogen) atoms. The minimum Gasteiger partial charge on any atom is -0.497 e. The minimum atomic E-state index is -0.348. The summed E-state index contributed by atoms with van der Waals surface area (Å²) in [6.45, 7) is -0.102. The van der Waals surface area contributed by atoms with E-state index in [4.69, 9.17) is 9.47 Å². The molecule has 0 saturated carbocycles. The Kier molecular flexibility index (Phi) is 6.59. The summed E-state index contributed by atoms with van der Waals surface area (Å²) in [4.78, 5) is 34.1. The van der Waals surface area contributed by atoms with Crippen LogP contribution in [0.2, 0.25) is 0 Å². The average molecular weight is 406 g/mol. The number of nitrogens with one attached hydrogen (secondary N) is 1. The number of hydrogen-bond acceptors (Lipinski definition) is 6. The van der Waals surface area contributed by atoms with E-state index >= 15 is 0 Å². The van der Waals surface area contributed by atoms with Crippen LogP contribution in [0, 0.1) is 0 Å². The van der Waals surface area contributed by atoms with Crippen molar-refractivity contribution in [1.29, 1.82) is 0 Å². The van der Waals surface area contributed by atoms with E-state index in [1.165, 1.54) is 11.2 Å². The van der Waals surface area contributed by atoms with Gasteiger partial charge in [-0.15, -0.1) is 0 Å². The Morgan fingerprint density at radius 3 is 2.47 bits per heavy atom. The van der Waals surface area contributed by atoms with E-state index in [1.54, 1.807) is 51.5 Å². The van der Waals surface area contributed by atoms with Gasteiger partial charge >= 0.3 is 0 Å². The predicted octanol–water partition coefficient (Wildman–Crippen LogP) is 2.87. The first-order valence-corrected chi connectivity index (χ1v) is 9.17. The molecule has 2 amide bonds. The summed E-state index contributed by atoms with van der Waals surface area (Å²) in [6.07, 6.45) is 1.39. The van der Waals surface area contributed by atoms with E-state index in [2.05, 4.69) is 15.3 Å². The second kappa shape index (κ2) is 9.51. The molecule has 0 bridgehead atoms. The van der Waals surface area contributed by atoms with Crippen LogP contribution in [0.4, 0.5) is 5.82 Å². The number of methoxy groups -OCH3 is 1. The van der Waals surface area contributed by atoms with Crippen molar-refractivity contribution in [2.24, 2.45) is 0 Å². The van der Waals surface area contributed by atoms with E-state index in [0.29, 0.717) is 22.8 Å². The van der Waals surface area contributed by atoms with Crippen LogP contribution in [0.15, 0.2) is 60.9 Å². The van der Waals surface area contributed by atoms with Gasteiger partial charge in [0, 0.05) is 31.3 Å². The number of likely N-dealkylation sites (N-methyl/N-ethyl adjacent to an activating group) is 1. The third-order valence-corrected chi connectivity index (χ3v) is 4.25. The van der Waals surface area contributed by atoms with Crippen molar-refractivity contribution in [3.05, 3.63) is 66.5 Å². The summed E-state index contributed by atoms with van der Waals surface area (Å²) >= 11 is 0. The van der Waals surface area contributed by atoms with E-state index in [-0.39, 0.29) is 18.4 Å². The maximum absolute atomic E-state index is 12.6. The Balaban J connectivity index is 1.70. The molecule has 0 radical (unpaired) electrons. The van der Waals surface area contributed by atoms with Crippen LogP contribution in [0.5, 0.6) is 11.5 Å². The van der Waals surface area contributed by atoms with Crippen molar-refractivity contribution < 1.29 is 19.1 Å². The molecule has 0 fully saturated rings. The van der Waals surface area contributed by atoms with Crippen LogP contribution in [0.25, 0.3) is 11.3 Å². The highest BCUT2D eigenvalue weighted by molar-refractivity contribution is 6.04. The maximum atomic E-state index is 12.6. The summed E-state index contributed by atoms with van der Waals surface area (Å²) in [6, 6.07) is 15.7. The van der Waals surface area contributed by atoms with Crippen LogP contribution in [0.3, 0.4) is 0 Å². The minimum absolute atomic E-state index is 0.102. The van der Waals surface area contributed by atoms with Gasteiger partial charge in [0.1, 0.15) is 23.6 Å². The molecule has 0 aliphatic rings. The molecular formula is C22H22N4O4. The van der Waals surface area contributed by atoms with Gasteiger partial charge in [-0.25, -0.2) is 9.97 Å². The summed E-state index contributed by atoms with van der Waals surface area (Å²) in [5.41, 5.74) is 1.92. The predicted molar refractivity (Wildman–Crippen MR) is 113 cm³/mol. The van der Waals surface area contributed by atoms with Crippen LogP contribution < -0.4 is 14.8 Å². The molecule has 0 spiro atoms. The highest BCUT2D eigenvalue weighted by atomic mass is 16.5. The van der Waals surface area contributed by atoms with E-state index in [0.717, 1.165) is 11.3 Å². The summed E-state index contributed by atoms with van der Waals surface area (Å²) in [5, 5.41) is 2.76. The normalized spacial score (nSPS) is 10.2. The van der Waals surface area contributed by atoms with E-state index < -0.39 is 0 Å². The van der Waals surface area contributed by atoms with Crippen molar-refractivity contribution in [2.75, 3.05) is 33.1 Å². The molecule has 154 valence electrons. The Hall–Kier alpha value is -3.94. The molecule has 3 rings (SSSR count). The topological polar surface area (TPSA) is 93.6 Å². The van der Waals surface area contributed by atoms with Crippen molar-refractivity contribution in [2.45, 2.75) is 0 Å². The highest BCUT2D eigenvalue weighted by Crippen LogP contribution is 2.22. The molecule has 0 atom stereocenters. The lowest BCUT2D eigenvalue weighted by Crippen LogP contribution is -2.27. The molecule has 2 aromatic carbocycles. The second-order valence-electron chi connectivity index (χ2n) is 6.58. The monoisotopic (exact) mass is 406 g/mol. The quantitative estimate of drug-likeness (QED) is 0.649. The number of aromatic nitrogens is 2. The number of rotatable bonds is 7. The summed E-state index contributed by atoms with van der Waals surface area (Å²) in [5.74, 6) is 1.03. The molecule has 1 aromatic heterocycles. The third-order valence-electron chi connectivity index (χ3n) is 4.25. The van der Waals surface area contributed by atoms with Gasteiger partial charge in [0.25, 0.3) is 11.8 Å². The third kappa shape index (κ3) is 5.32.